The molecule has 0 amide bonds. The Kier molecular flexibility index (Phi) is 4.13. The molecule has 0 aliphatic carbocycles. The second-order valence-electron chi connectivity index (χ2n) is 5.50. The van der Waals surface area contributed by atoms with Gasteiger partial charge in [0.15, 0.2) is 0 Å². The highest BCUT2D eigenvalue weighted by Gasteiger charge is 2.20. The van der Waals surface area contributed by atoms with Crippen LogP contribution in [0.2, 0.25) is 5.02 Å². The van der Waals surface area contributed by atoms with Crippen molar-refractivity contribution in [3.8, 4) is 0 Å². The molecule has 0 saturated carbocycles. The number of halogens is 2. The van der Waals surface area contributed by atoms with E-state index in [9.17, 15) is 4.39 Å². The zero-order valence-electron chi connectivity index (χ0n) is 11.9. The minimum atomic E-state index is -0.318. The van der Waals surface area contributed by atoms with E-state index in [-0.39, 0.29) is 10.8 Å². The number of nitrogens with one attached hydrogen (secondary N) is 1. The highest BCUT2D eigenvalue weighted by Crippen LogP contribution is 2.27. The van der Waals surface area contributed by atoms with Gasteiger partial charge in [-0.15, -0.1) is 0 Å². The molecule has 2 nitrogen and oxygen atoms in total. The molecule has 1 unspecified atom stereocenters. The van der Waals surface area contributed by atoms with Crippen LogP contribution >= 0.6 is 11.6 Å². The molecule has 4 heteroatoms. The molecular formula is C17H18ClFN2. The van der Waals surface area contributed by atoms with Crippen LogP contribution in [0.1, 0.15) is 18.1 Å². The van der Waals surface area contributed by atoms with Crippen LogP contribution < -0.4 is 10.2 Å². The van der Waals surface area contributed by atoms with Gasteiger partial charge in [0.1, 0.15) is 5.82 Å². The van der Waals surface area contributed by atoms with Crippen molar-refractivity contribution in [1.82, 2.24) is 5.32 Å². The SMILES string of the molecule is CC1CN(Cc2cccc(Cl)c2F)c2ccccc2CN1. The number of anilines is 1. The number of rotatable bonds is 2. The molecule has 0 aromatic heterocycles. The monoisotopic (exact) mass is 304 g/mol. The Bertz CT molecular complexity index is 644. The first-order valence-corrected chi connectivity index (χ1v) is 7.52. The molecule has 110 valence electrons. The lowest BCUT2D eigenvalue weighted by Gasteiger charge is -2.27. The second-order valence-corrected chi connectivity index (χ2v) is 5.91. The lowest BCUT2D eigenvalue weighted by Crippen LogP contribution is -2.35. The van der Waals surface area contributed by atoms with Gasteiger partial charge in [-0.05, 0) is 24.6 Å². The molecule has 2 aromatic rings. The average Bonchev–Trinajstić information content (AvgIpc) is 2.64. The molecule has 0 spiro atoms. The number of para-hydroxylation sites is 1. The highest BCUT2D eigenvalue weighted by atomic mass is 35.5. The average molecular weight is 305 g/mol. The standard InChI is InChI=1S/C17H18ClFN2/c1-12-10-21(11-14-6-4-7-15(18)17(14)19)16-8-3-2-5-13(16)9-20-12/h2-8,12,20H,9-11H2,1H3. The zero-order chi connectivity index (χ0) is 14.8. The van der Waals surface area contributed by atoms with Crippen LogP contribution in [-0.4, -0.2) is 12.6 Å². The molecule has 0 fully saturated rings. The quantitative estimate of drug-likeness (QED) is 0.903. The molecule has 1 aliphatic rings. The maximum absolute atomic E-state index is 14.2. The predicted octanol–water partition coefficient (Wildman–Crippen LogP) is 3.98. The van der Waals surface area contributed by atoms with Crippen LogP contribution in [0.3, 0.4) is 0 Å². The number of nitrogens with zero attached hydrogens (tertiary/aromatic N) is 1. The summed E-state index contributed by atoms with van der Waals surface area (Å²) in [6.45, 7) is 4.34. The molecule has 0 saturated heterocycles. The Morgan fingerprint density at radius 1 is 1.24 bits per heavy atom. The lowest BCUT2D eigenvalue weighted by molar-refractivity contribution is 0.546. The van der Waals surface area contributed by atoms with E-state index >= 15 is 0 Å². The Hall–Kier alpha value is -1.58. The fourth-order valence-electron chi connectivity index (χ4n) is 2.77. The van der Waals surface area contributed by atoms with E-state index in [2.05, 4.69) is 29.3 Å². The third kappa shape index (κ3) is 3.04. The first kappa shape index (κ1) is 14.4. The Balaban J connectivity index is 1.95. The molecular weight excluding hydrogens is 287 g/mol. The summed E-state index contributed by atoms with van der Waals surface area (Å²) in [6.07, 6.45) is 0. The van der Waals surface area contributed by atoms with Crippen LogP contribution in [0.25, 0.3) is 0 Å². The van der Waals surface area contributed by atoms with Crippen LogP contribution in [0, 0.1) is 5.82 Å². The molecule has 1 atom stereocenters. The van der Waals surface area contributed by atoms with Crippen LogP contribution in [0.15, 0.2) is 42.5 Å². The van der Waals surface area contributed by atoms with Gasteiger partial charge in [0.2, 0.25) is 0 Å². The normalized spacial score (nSPS) is 18.2. The van der Waals surface area contributed by atoms with Crippen molar-refractivity contribution in [2.45, 2.75) is 26.1 Å². The maximum atomic E-state index is 14.2. The molecule has 21 heavy (non-hydrogen) atoms. The van der Waals surface area contributed by atoms with Gasteiger partial charge >= 0.3 is 0 Å². The zero-order valence-corrected chi connectivity index (χ0v) is 12.7. The number of hydrogen-bond donors (Lipinski definition) is 1. The number of benzene rings is 2. The van der Waals surface area contributed by atoms with Crippen molar-refractivity contribution in [1.29, 1.82) is 0 Å². The van der Waals surface area contributed by atoms with Crippen molar-refractivity contribution in [3.05, 3.63) is 64.4 Å². The maximum Gasteiger partial charge on any atom is 0.146 e. The third-order valence-corrected chi connectivity index (χ3v) is 4.15. The van der Waals surface area contributed by atoms with Gasteiger partial charge in [0.25, 0.3) is 0 Å². The minimum absolute atomic E-state index is 0.182. The van der Waals surface area contributed by atoms with Crippen molar-refractivity contribution in [2.75, 3.05) is 11.4 Å². The molecule has 0 bridgehead atoms. The third-order valence-electron chi connectivity index (χ3n) is 3.86. The van der Waals surface area contributed by atoms with Gasteiger partial charge in [-0.2, -0.15) is 0 Å². The smallest absolute Gasteiger partial charge is 0.146 e. The number of fused-ring (bicyclic) bond motifs is 1. The van der Waals surface area contributed by atoms with E-state index in [0.717, 1.165) is 18.8 Å². The second kappa shape index (κ2) is 6.04. The van der Waals surface area contributed by atoms with Crippen LogP contribution in [-0.2, 0) is 13.1 Å². The predicted molar refractivity (Wildman–Crippen MR) is 85.2 cm³/mol. The van der Waals surface area contributed by atoms with Crippen LogP contribution in [0.5, 0.6) is 0 Å². The van der Waals surface area contributed by atoms with Crippen molar-refractivity contribution < 1.29 is 4.39 Å². The van der Waals surface area contributed by atoms with E-state index in [1.807, 2.05) is 12.1 Å². The lowest BCUT2D eigenvalue weighted by atomic mass is 10.1. The van der Waals surface area contributed by atoms with Crippen LogP contribution in [0.4, 0.5) is 10.1 Å². The molecule has 2 aromatic carbocycles. The van der Waals surface area contributed by atoms with E-state index in [1.165, 1.54) is 5.56 Å². The van der Waals surface area contributed by atoms with Crippen molar-refractivity contribution >= 4 is 17.3 Å². The summed E-state index contributed by atoms with van der Waals surface area (Å²) in [5.41, 5.74) is 3.03. The van der Waals surface area contributed by atoms with E-state index in [0.29, 0.717) is 18.2 Å². The molecule has 3 rings (SSSR count). The van der Waals surface area contributed by atoms with E-state index < -0.39 is 0 Å². The minimum Gasteiger partial charge on any atom is -0.365 e. The molecule has 0 radical (unpaired) electrons. The van der Waals surface area contributed by atoms with Gasteiger partial charge < -0.3 is 10.2 Å². The summed E-state index contributed by atoms with van der Waals surface area (Å²) in [5, 5.41) is 3.66. The van der Waals surface area contributed by atoms with Gasteiger partial charge in [-0.1, -0.05) is 41.9 Å². The summed E-state index contributed by atoms with van der Waals surface area (Å²) in [5.74, 6) is -0.318. The van der Waals surface area contributed by atoms with Gasteiger partial charge in [-0.25, -0.2) is 4.39 Å². The summed E-state index contributed by atoms with van der Waals surface area (Å²) in [7, 11) is 0. The van der Waals surface area contributed by atoms with Gasteiger partial charge in [0, 0.05) is 36.9 Å². The topological polar surface area (TPSA) is 15.3 Å². The van der Waals surface area contributed by atoms with E-state index in [4.69, 9.17) is 11.6 Å². The van der Waals surface area contributed by atoms with Crippen molar-refractivity contribution in [2.24, 2.45) is 0 Å². The van der Waals surface area contributed by atoms with Gasteiger partial charge in [-0.3, -0.25) is 0 Å². The fraction of sp³-hybridized carbons (Fsp3) is 0.294. The largest absolute Gasteiger partial charge is 0.365 e. The Morgan fingerprint density at radius 2 is 2.05 bits per heavy atom. The molecule has 1 heterocycles. The molecule has 1 N–H and O–H groups in total. The summed E-state index contributed by atoms with van der Waals surface area (Å²) >= 11 is 5.89. The number of hydrogen-bond acceptors (Lipinski definition) is 2. The Morgan fingerprint density at radius 3 is 2.90 bits per heavy atom. The first-order valence-electron chi connectivity index (χ1n) is 7.14. The fourth-order valence-corrected chi connectivity index (χ4v) is 2.97. The molecule has 1 aliphatic heterocycles. The highest BCUT2D eigenvalue weighted by molar-refractivity contribution is 6.30. The summed E-state index contributed by atoms with van der Waals surface area (Å²) in [6, 6.07) is 13.8. The van der Waals surface area contributed by atoms with Gasteiger partial charge in [0.05, 0.1) is 5.02 Å². The summed E-state index contributed by atoms with van der Waals surface area (Å²) < 4.78 is 14.2. The van der Waals surface area contributed by atoms with Crippen molar-refractivity contribution in [3.63, 3.8) is 0 Å². The first-order chi connectivity index (χ1) is 10.1. The van der Waals surface area contributed by atoms with E-state index in [1.54, 1.807) is 18.2 Å². The summed E-state index contributed by atoms with van der Waals surface area (Å²) in [4.78, 5) is 2.22. The Labute approximate surface area is 129 Å².